The molecule has 0 aliphatic rings. The zero-order valence-corrected chi connectivity index (χ0v) is 17.6. The summed E-state index contributed by atoms with van der Waals surface area (Å²) in [4.78, 5) is 16.7. The van der Waals surface area contributed by atoms with Crippen LogP contribution < -0.4 is 4.90 Å². The highest BCUT2D eigenvalue weighted by atomic mass is 79.9. The van der Waals surface area contributed by atoms with Crippen LogP contribution in [-0.4, -0.2) is 41.7 Å². The van der Waals surface area contributed by atoms with Crippen molar-refractivity contribution in [3.8, 4) is 5.69 Å². The Morgan fingerprint density at radius 2 is 1.67 bits per heavy atom. The number of hydrogen-bond acceptors (Lipinski definition) is 3. The summed E-state index contributed by atoms with van der Waals surface area (Å²) in [6, 6.07) is 16.1. The average Bonchev–Trinajstić information content (AvgIpc) is 3.03. The number of benzene rings is 2. The molecule has 1 amide bonds. The summed E-state index contributed by atoms with van der Waals surface area (Å²) in [6.07, 6.45) is 1.64. The van der Waals surface area contributed by atoms with Crippen LogP contribution in [-0.2, 0) is 6.54 Å². The molecular weight excluding hydrogens is 404 g/mol. The van der Waals surface area contributed by atoms with Crippen molar-refractivity contribution in [1.29, 1.82) is 0 Å². The van der Waals surface area contributed by atoms with Crippen LogP contribution >= 0.6 is 15.9 Å². The molecule has 0 saturated carbocycles. The summed E-state index contributed by atoms with van der Waals surface area (Å²) in [5.41, 5.74) is 4.60. The summed E-state index contributed by atoms with van der Waals surface area (Å²) in [5, 5.41) is 4.41. The molecule has 6 heteroatoms. The van der Waals surface area contributed by atoms with Gasteiger partial charge >= 0.3 is 0 Å². The van der Waals surface area contributed by atoms with Crippen LogP contribution in [0.2, 0.25) is 0 Å². The van der Waals surface area contributed by atoms with E-state index in [-0.39, 0.29) is 5.91 Å². The zero-order valence-electron chi connectivity index (χ0n) is 16.0. The van der Waals surface area contributed by atoms with E-state index >= 15 is 0 Å². The lowest BCUT2D eigenvalue weighted by Gasteiger charge is -2.18. The van der Waals surface area contributed by atoms with E-state index in [2.05, 4.69) is 50.2 Å². The van der Waals surface area contributed by atoms with Crippen molar-refractivity contribution in [2.75, 3.05) is 26.0 Å². The molecule has 0 unspecified atom stereocenters. The molecule has 0 radical (unpaired) electrons. The van der Waals surface area contributed by atoms with Gasteiger partial charge in [0.15, 0.2) is 0 Å². The van der Waals surface area contributed by atoms with Crippen LogP contribution in [0.3, 0.4) is 0 Å². The van der Waals surface area contributed by atoms with Crippen molar-refractivity contribution in [2.24, 2.45) is 0 Å². The topological polar surface area (TPSA) is 41.4 Å². The molecular formula is C21H23BrN4O. The first-order chi connectivity index (χ1) is 12.9. The van der Waals surface area contributed by atoms with E-state index in [4.69, 9.17) is 0 Å². The van der Waals surface area contributed by atoms with Gasteiger partial charge in [0.05, 0.1) is 23.1 Å². The maximum absolute atomic E-state index is 12.9. The minimum atomic E-state index is -0.0347. The number of halogens is 1. The summed E-state index contributed by atoms with van der Waals surface area (Å²) >= 11 is 3.43. The fraction of sp³-hybridized carbons (Fsp3) is 0.238. The number of amides is 1. The van der Waals surface area contributed by atoms with Gasteiger partial charge < -0.3 is 9.80 Å². The van der Waals surface area contributed by atoms with Gasteiger partial charge in [-0.25, -0.2) is 4.68 Å². The van der Waals surface area contributed by atoms with Gasteiger partial charge in [0.2, 0.25) is 0 Å². The van der Waals surface area contributed by atoms with Crippen molar-refractivity contribution in [3.63, 3.8) is 0 Å². The van der Waals surface area contributed by atoms with Gasteiger partial charge in [0.1, 0.15) is 0 Å². The first kappa shape index (κ1) is 19.2. The summed E-state index contributed by atoms with van der Waals surface area (Å²) in [6.45, 7) is 2.47. The highest BCUT2D eigenvalue weighted by Crippen LogP contribution is 2.19. The minimum absolute atomic E-state index is 0.0347. The summed E-state index contributed by atoms with van der Waals surface area (Å²) < 4.78 is 2.80. The Morgan fingerprint density at radius 3 is 2.26 bits per heavy atom. The van der Waals surface area contributed by atoms with Crippen molar-refractivity contribution in [1.82, 2.24) is 14.7 Å². The van der Waals surface area contributed by atoms with Crippen LogP contribution in [0.1, 0.15) is 21.6 Å². The molecule has 5 nitrogen and oxygen atoms in total. The first-order valence-corrected chi connectivity index (χ1v) is 9.48. The molecule has 27 heavy (non-hydrogen) atoms. The largest absolute Gasteiger partial charge is 0.378 e. The second-order valence-corrected chi connectivity index (χ2v) is 7.67. The predicted molar refractivity (Wildman–Crippen MR) is 113 cm³/mol. The monoisotopic (exact) mass is 426 g/mol. The molecule has 1 heterocycles. The maximum atomic E-state index is 12.9. The van der Waals surface area contributed by atoms with Crippen molar-refractivity contribution in [3.05, 3.63) is 76.0 Å². The quantitative estimate of drug-likeness (QED) is 0.611. The molecule has 3 aromatic rings. The van der Waals surface area contributed by atoms with E-state index in [0.29, 0.717) is 12.1 Å². The van der Waals surface area contributed by atoms with Crippen LogP contribution in [0.5, 0.6) is 0 Å². The molecule has 0 fully saturated rings. The molecule has 0 aliphatic carbocycles. The summed E-state index contributed by atoms with van der Waals surface area (Å²) in [7, 11) is 5.84. The number of nitrogens with zero attached hydrogens (tertiary/aromatic N) is 4. The Hall–Kier alpha value is -2.60. The first-order valence-electron chi connectivity index (χ1n) is 8.69. The van der Waals surface area contributed by atoms with E-state index in [1.54, 1.807) is 15.8 Å². The van der Waals surface area contributed by atoms with Crippen LogP contribution in [0.4, 0.5) is 5.69 Å². The van der Waals surface area contributed by atoms with E-state index < -0.39 is 0 Å². The third-order valence-electron chi connectivity index (χ3n) is 4.53. The predicted octanol–water partition coefficient (Wildman–Crippen LogP) is 4.28. The summed E-state index contributed by atoms with van der Waals surface area (Å²) in [5.74, 6) is -0.0347. The molecule has 140 valence electrons. The number of anilines is 1. The molecule has 0 N–H and O–H groups in total. The van der Waals surface area contributed by atoms with Crippen molar-refractivity contribution in [2.45, 2.75) is 13.5 Å². The number of carbonyl (C=O) groups excluding carboxylic acids is 1. The standard InChI is InChI=1S/C21H23BrN4O/c1-15-20(13-23-26(15)19-11-7-17(22)8-12-19)21(27)25(4)14-16-5-9-18(10-6-16)24(2)3/h5-13H,14H2,1-4H3. The fourth-order valence-electron chi connectivity index (χ4n) is 2.91. The molecule has 0 aliphatic heterocycles. The third-order valence-corrected chi connectivity index (χ3v) is 5.06. The van der Waals surface area contributed by atoms with E-state index in [9.17, 15) is 4.79 Å². The Morgan fingerprint density at radius 1 is 1.04 bits per heavy atom. The Balaban J connectivity index is 1.76. The second kappa shape index (κ2) is 7.96. The number of aromatic nitrogens is 2. The van der Waals surface area contributed by atoms with E-state index in [1.807, 2.05) is 52.3 Å². The van der Waals surface area contributed by atoms with Gasteiger partial charge in [0, 0.05) is 37.8 Å². The highest BCUT2D eigenvalue weighted by Gasteiger charge is 2.19. The van der Waals surface area contributed by atoms with E-state index in [0.717, 1.165) is 27.1 Å². The molecule has 3 rings (SSSR count). The van der Waals surface area contributed by atoms with Gasteiger partial charge in [-0.1, -0.05) is 28.1 Å². The molecule has 0 saturated heterocycles. The molecule has 2 aromatic carbocycles. The van der Waals surface area contributed by atoms with Crippen LogP contribution in [0.15, 0.2) is 59.2 Å². The zero-order chi connectivity index (χ0) is 19.6. The normalized spacial score (nSPS) is 10.7. The maximum Gasteiger partial charge on any atom is 0.257 e. The van der Waals surface area contributed by atoms with Crippen LogP contribution in [0, 0.1) is 6.92 Å². The fourth-order valence-corrected chi connectivity index (χ4v) is 3.18. The van der Waals surface area contributed by atoms with Crippen LogP contribution in [0.25, 0.3) is 5.69 Å². The lowest BCUT2D eigenvalue weighted by atomic mass is 10.1. The molecule has 1 aromatic heterocycles. The van der Waals surface area contributed by atoms with Gasteiger partial charge in [-0.15, -0.1) is 0 Å². The molecule has 0 bridgehead atoms. The van der Waals surface area contributed by atoms with Gasteiger partial charge in [0.25, 0.3) is 5.91 Å². The number of rotatable bonds is 5. The lowest BCUT2D eigenvalue weighted by Crippen LogP contribution is -2.26. The van der Waals surface area contributed by atoms with Crippen molar-refractivity contribution < 1.29 is 4.79 Å². The Kier molecular flexibility index (Phi) is 5.65. The van der Waals surface area contributed by atoms with Crippen molar-refractivity contribution >= 4 is 27.5 Å². The number of carbonyl (C=O) groups is 1. The Labute approximate surface area is 168 Å². The smallest absolute Gasteiger partial charge is 0.257 e. The minimum Gasteiger partial charge on any atom is -0.378 e. The highest BCUT2D eigenvalue weighted by molar-refractivity contribution is 9.10. The lowest BCUT2D eigenvalue weighted by molar-refractivity contribution is 0.0784. The Bertz CT molecular complexity index is 930. The van der Waals surface area contributed by atoms with Gasteiger partial charge in [-0.2, -0.15) is 5.10 Å². The molecule has 0 atom stereocenters. The average molecular weight is 427 g/mol. The molecule has 0 spiro atoms. The van der Waals surface area contributed by atoms with Gasteiger partial charge in [-0.3, -0.25) is 4.79 Å². The SMILES string of the molecule is Cc1c(C(=O)N(C)Cc2ccc(N(C)C)cc2)cnn1-c1ccc(Br)cc1. The van der Waals surface area contributed by atoms with Gasteiger partial charge in [-0.05, 0) is 48.9 Å². The van der Waals surface area contributed by atoms with E-state index in [1.165, 1.54) is 0 Å². The third kappa shape index (κ3) is 4.22. The number of hydrogen-bond donors (Lipinski definition) is 0. The second-order valence-electron chi connectivity index (χ2n) is 6.75.